The Balaban J connectivity index is 1.85. The van der Waals surface area contributed by atoms with Crippen molar-refractivity contribution in [2.45, 2.75) is 27.7 Å². The number of pyridine rings is 1. The third-order valence-electron chi connectivity index (χ3n) is 4.65. The molecule has 0 aliphatic carbocycles. The fraction of sp³-hybridized carbons (Fsp3) is 0.333. The van der Waals surface area contributed by atoms with Crippen molar-refractivity contribution in [2.75, 3.05) is 13.1 Å². The molecular formula is C24H28N2O2. The van der Waals surface area contributed by atoms with Crippen molar-refractivity contribution >= 4 is 16.8 Å². The van der Waals surface area contributed by atoms with Gasteiger partial charge in [-0.1, -0.05) is 45.9 Å². The molecule has 0 radical (unpaired) electrons. The number of aromatic nitrogens is 1. The highest BCUT2D eigenvalue weighted by molar-refractivity contribution is 5.95. The van der Waals surface area contributed by atoms with Crippen molar-refractivity contribution in [3.05, 3.63) is 70.5 Å². The Morgan fingerprint density at radius 3 is 2.07 bits per heavy atom. The molecule has 0 fully saturated rings. The van der Waals surface area contributed by atoms with E-state index in [-0.39, 0.29) is 11.5 Å². The van der Waals surface area contributed by atoms with Gasteiger partial charge in [0.2, 0.25) is 5.56 Å². The number of carbonyl (C=O) groups excluding carboxylic acids is 1. The molecular weight excluding hydrogens is 348 g/mol. The first-order valence-electron chi connectivity index (χ1n) is 9.86. The summed E-state index contributed by atoms with van der Waals surface area (Å²) in [4.78, 5) is 29.2. The minimum absolute atomic E-state index is 0.0880. The number of rotatable bonds is 6. The normalized spacial score (nSPS) is 11.4. The molecule has 0 aliphatic heterocycles. The lowest BCUT2D eigenvalue weighted by Crippen LogP contribution is -2.37. The Morgan fingerprint density at radius 2 is 1.46 bits per heavy atom. The van der Waals surface area contributed by atoms with E-state index in [0.29, 0.717) is 11.8 Å². The second-order valence-electron chi connectivity index (χ2n) is 8.20. The lowest BCUT2D eigenvalue weighted by molar-refractivity contribution is 0.0715. The molecule has 1 aromatic heterocycles. The second-order valence-corrected chi connectivity index (χ2v) is 8.20. The van der Waals surface area contributed by atoms with E-state index in [9.17, 15) is 9.59 Å². The van der Waals surface area contributed by atoms with Crippen molar-refractivity contribution in [3.8, 4) is 11.1 Å². The summed E-state index contributed by atoms with van der Waals surface area (Å²) in [5, 5.41) is 0.984. The molecule has 28 heavy (non-hydrogen) atoms. The van der Waals surface area contributed by atoms with Crippen LogP contribution in [0.4, 0.5) is 0 Å². The van der Waals surface area contributed by atoms with Gasteiger partial charge < -0.3 is 9.88 Å². The summed E-state index contributed by atoms with van der Waals surface area (Å²) >= 11 is 0. The van der Waals surface area contributed by atoms with E-state index in [0.717, 1.165) is 40.7 Å². The second kappa shape index (κ2) is 8.42. The topological polar surface area (TPSA) is 53.2 Å². The third kappa shape index (κ3) is 4.69. The molecule has 4 nitrogen and oxygen atoms in total. The molecule has 3 rings (SSSR count). The molecule has 0 bridgehead atoms. The molecule has 4 heteroatoms. The van der Waals surface area contributed by atoms with Gasteiger partial charge in [-0.3, -0.25) is 9.59 Å². The number of carbonyl (C=O) groups is 1. The van der Waals surface area contributed by atoms with Gasteiger partial charge in [-0.25, -0.2) is 0 Å². The molecule has 0 unspecified atom stereocenters. The average molecular weight is 377 g/mol. The number of hydrogen-bond acceptors (Lipinski definition) is 2. The third-order valence-corrected chi connectivity index (χ3v) is 4.65. The van der Waals surface area contributed by atoms with Crippen LogP contribution in [0.1, 0.15) is 38.1 Å². The summed E-state index contributed by atoms with van der Waals surface area (Å²) in [7, 11) is 0. The monoisotopic (exact) mass is 376 g/mol. The van der Waals surface area contributed by atoms with Crippen molar-refractivity contribution in [3.63, 3.8) is 0 Å². The summed E-state index contributed by atoms with van der Waals surface area (Å²) in [5.41, 5.74) is 3.54. The van der Waals surface area contributed by atoms with Crippen LogP contribution >= 0.6 is 0 Å². The number of nitrogens with zero attached hydrogens (tertiary/aromatic N) is 1. The SMILES string of the molecule is CC(C)CN(CC(C)C)C(=O)c1ccc(-c2ccc3[nH]c(=O)ccc3c2)cc1. The number of fused-ring (bicyclic) bond motifs is 1. The summed E-state index contributed by atoms with van der Waals surface area (Å²) in [5.74, 6) is 0.960. The van der Waals surface area contributed by atoms with Gasteiger partial charge in [-0.2, -0.15) is 0 Å². The van der Waals surface area contributed by atoms with Gasteiger partial charge in [0.05, 0.1) is 0 Å². The highest BCUT2D eigenvalue weighted by Gasteiger charge is 2.18. The zero-order chi connectivity index (χ0) is 20.3. The van der Waals surface area contributed by atoms with Crippen LogP contribution in [0.5, 0.6) is 0 Å². The standard InChI is InChI=1S/C24H28N2O2/c1-16(2)14-26(15-17(3)4)24(28)19-7-5-18(6-8-19)20-9-11-22-21(13-20)10-12-23(27)25-22/h5-13,16-17H,14-15H2,1-4H3,(H,25,27). The van der Waals surface area contributed by atoms with Gasteiger partial charge in [0.15, 0.2) is 0 Å². The Labute approximate surface area is 166 Å². The Hall–Kier alpha value is -2.88. The maximum atomic E-state index is 13.0. The quantitative estimate of drug-likeness (QED) is 0.662. The van der Waals surface area contributed by atoms with Gasteiger partial charge in [0.1, 0.15) is 0 Å². The van der Waals surface area contributed by atoms with Crippen molar-refractivity contribution in [1.82, 2.24) is 9.88 Å². The largest absolute Gasteiger partial charge is 0.338 e. The Kier molecular flexibility index (Phi) is 5.98. The lowest BCUT2D eigenvalue weighted by atomic mass is 10.0. The van der Waals surface area contributed by atoms with Gasteiger partial charge in [-0.15, -0.1) is 0 Å². The first kappa shape index (κ1) is 19.9. The maximum Gasteiger partial charge on any atom is 0.253 e. The molecule has 0 spiro atoms. The fourth-order valence-electron chi connectivity index (χ4n) is 3.44. The molecule has 146 valence electrons. The molecule has 0 aliphatic rings. The molecule has 2 aromatic carbocycles. The minimum atomic E-state index is -0.101. The zero-order valence-corrected chi connectivity index (χ0v) is 17.0. The predicted molar refractivity (Wildman–Crippen MR) is 116 cm³/mol. The van der Waals surface area contributed by atoms with Crippen LogP contribution in [0.2, 0.25) is 0 Å². The number of aromatic amines is 1. The van der Waals surface area contributed by atoms with Crippen LogP contribution in [0.3, 0.4) is 0 Å². The summed E-state index contributed by atoms with van der Waals surface area (Å²) in [6.07, 6.45) is 0. The molecule has 0 saturated carbocycles. The molecule has 1 N–H and O–H groups in total. The van der Waals surface area contributed by atoms with E-state index in [2.05, 4.69) is 32.7 Å². The zero-order valence-electron chi connectivity index (χ0n) is 17.0. The van der Waals surface area contributed by atoms with E-state index in [1.807, 2.05) is 53.4 Å². The van der Waals surface area contributed by atoms with Gasteiger partial charge in [0, 0.05) is 30.2 Å². The number of benzene rings is 2. The number of amides is 1. The van der Waals surface area contributed by atoms with Crippen molar-refractivity contribution < 1.29 is 4.79 Å². The van der Waals surface area contributed by atoms with E-state index >= 15 is 0 Å². The fourth-order valence-corrected chi connectivity index (χ4v) is 3.44. The summed E-state index contributed by atoms with van der Waals surface area (Å²) < 4.78 is 0. The van der Waals surface area contributed by atoms with Gasteiger partial charge >= 0.3 is 0 Å². The minimum Gasteiger partial charge on any atom is -0.338 e. The molecule has 0 atom stereocenters. The molecule has 1 amide bonds. The first-order valence-corrected chi connectivity index (χ1v) is 9.86. The molecule has 3 aromatic rings. The van der Waals surface area contributed by atoms with Crippen molar-refractivity contribution in [1.29, 1.82) is 0 Å². The number of nitrogens with one attached hydrogen (secondary N) is 1. The van der Waals surface area contributed by atoms with E-state index < -0.39 is 0 Å². The van der Waals surface area contributed by atoms with Crippen LogP contribution in [0.15, 0.2) is 59.4 Å². The Bertz CT molecular complexity index is 1010. The van der Waals surface area contributed by atoms with E-state index in [1.54, 1.807) is 0 Å². The van der Waals surface area contributed by atoms with Crippen LogP contribution in [-0.2, 0) is 0 Å². The Morgan fingerprint density at radius 1 is 0.857 bits per heavy atom. The first-order chi connectivity index (χ1) is 13.3. The van der Waals surface area contributed by atoms with E-state index in [4.69, 9.17) is 0 Å². The van der Waals surface area contributed by atoms with Crippen LogP contribution < -0.4 is 5.56 Å². The molecule has 0 saturated heterocycles. The predicted octanol–water partition coefficient (Wildman–Crippen LogP) is 4.95. The average Bonchev–Trinajstić information content (AvgIpc) is 2.66. The van der Waals surface area contributed by atoms with Crippen LogP contribution in [-0.4, -0.2) is 28.9 Å². The van der Waals surface area contributed by atoms with Crippen molar-refractivity contribution in [2.24, 2.45) is 11.8 Å². The number of H-pyrrole nitrogens is 1. The summed E-state index contributed by atoms with van der Waals surface area (Å²) in [6, 6.07) is 17.1. The van der Waals surface area contributed by atoms with Crippen LogP contribution in [0, 0.1) is 11.8 Å². The van der Waals surface area contributed by atoms with Gasteiger partial charge in [-0.05, 0) is 58.7 Å². The van der Waals surface area contributed by atoms with Crippen LogP contribution in [0.25, 0.3) is 22.0 Å². The van der Waals surface area contributed by atoms with Gasteiger partial charge in [0.25, 0.3) is 5.91 Å². The maximum absolute atomic E-state index is 13.0. The molecule has 1 heterocycles. The highest BCUT2D eigenvalue weighted by Crippen LogP contribution is 2.24. The highest BCUT2D eigenvalue weighted by atomic mass is 16.2. The smallest absolute Gasteiger partial charge is 0.253 e. The lowest BCUT2D eigenvalue weighted by Gasteiger charge is -2.26. The number of hydrogen-bond donors (Lipinski definition) is 1. The van der Waals surface area contributed by atoms with E-state index in [1.165, 1.54) is 6.07 Å². The summed E-state index contributed by atoms with van der Waals surface area (Å²) in [6.45, 7) is 10.1.